The first kappa shape index (κ1) is 22.4. The number of carbonyl (C=O) groups excluding carboxylic acids is 1. The van der Waals surface area contributed by atoms with Gasteiger partial charge < -0.3 is 20.9 Å². The van der Waals surface area contributed by atoms with Crippen molar-refractivity contribution >= 4 is 46.7 Å². The van der Waals surface area contributed by atoms with E-state index in [1.165, 1.54) is 18.9 Å². The van der Waals surface area contributed by atoms with Gasteiger partial charge in [0.1, 0.15) is 5.82 Å². The lowest BCUT2D eigenvalue weighted by Crippen LogP contribution is -2.41. The maximum absolute atomic E-state index is 13.4. The highest BCUT2D eigenvalue weighted by molar-refractivity contribution is 14.0. The second-order valence-corrected chi connectivity index (χ2v) is 6.98. The SMILES string of the molecule is CN=C(NCCC(=O)NC1CCCC1)NCCc1c[nH]c2ccc(F)cc12.I. The minimum Gasteiger partial charge on any atom is -0.361 e. The van der Waals surface area contributed by atoms with E-state index in [9.17, 15) is 9.18 Å². The average Bonchev–Trinajstić information content (AvgIpc) is 3.30. The van der Waals surface area contributed by atoms with Gasteiger partial charge in [0.25, 0.3) is 0 Å². The summed E-state index contributed by atoms with van der Waals surface area (Å²) < 4.78 is 13.4. The second-order valence-electron chi connectivity index (χ2n) is 6.98. The van der Waals surface area contributed by atoms with Gasteiger partial charge in [-0.25, -0.2) is 4.39 Å². The fourth-order valence-corrected chi connectivity index (χ4v) is 3.56. The second kappa shape index (κ2) is 11.2. The zero-order valence-corrected chi connectivity index (χ0v) is 18.5. The van der Waals surface area contributed by atoms with Crippen LogP contribution in [-0.4, -0.2) is 43.0 Å². The number of H-pyrrole nitrogens is 1. The predicted octanol–water partition coefficient (Wildman–Crippen LogP) is 3.08. The lowest BCUT2D eigenvalue weighted by molar-refractivity contribution is -0.121. The molecule has 154 valence electrons. The van der Waals surface area contributed by atoms with Gasteiger partial charge in [0, 0.05) is 49.7 Å². The molecule has 0 aliphatic heterocycles. The molecule has 0 atom stereocenters. The molecule has 0 unspecified atom stereocenters. The van der Waals surface area contributed by atoms with Gasteiger partial charge in [-0.3, -0.25) is 9.79 Å². The molecule has 1 aliphatic rings. The smallest absolute Gasteiger partial charge is 0.221 e. The fraction of sp³-hybridized carbons (Fsp3) is 0.500. The molecule has 0 saturated heterocycles. The van der Waals surface area contributed by atoms with Crippen LogP contribution in [0.5, 0.6) is 0 Å². The van der Waals surface area contributed by atoms with Crippen molar-refractivity contribution in [3.63, 3.8) is 0 Å². The van der Waals surface area contributed by atoms with E-state index in [0.29, 0.717) is 31.5 Å². The number of aliphatic imine (C=N–C) groups is 1. The molecule has 4 N–H and O–H groups in total. The van der Waals surface area contributed by atoms with Crippen molar-refractivity contribution in [2.24, 2.45) is 4.99 Å². The van der Waals surface area contributed by atoms with Gasteiger partial charge in [-0.15, -0.1) is 24.0 Å². The van der Waals surface area contributed by atoms with Crippen molar-refractivity contribution in [2.75, 3.05) is 20.1 Å². The van der Waals surface area contributed by atoms with E-state index in [0.717, 1.165) is 35.7 Å². The van der Waals surface area contributed by atoms with Crippen LogP contribution in [0, 0.1) is 5.82 Å². The first-order chi connectivity index (χ1) is 13.2. The summed E-state index contributed by atoms with van der Waals surface area (Å²) >= 11 is 0. The molecule has 6 nitrogen and oxygen atoms in total. The summed E-state index contributed by atoms with van der Waals surface area (Å²) in [4.78, 5) is 19.3. The molecular weight excluding hydrogens is 472 g/mol. The van der Waals surface area contributed by atoms with Gasteiger partial charge in [-0.2, -0.15) is 0 Å². The van der Waals surface area contributed by atoms with Crippen LogP contribution in [0.1, 0.15) is 37.7 Å². The van der Waals surface area contributed by atoms with Gasteiger partial charge in [-0.05, 0) is 43.0 Å². The van der Waals surface area contributed by atoms with Crippen molar-refractivity contribution in [3.05, 3.63) is 35.8 Å². The molecule has 1 fully saturated rings. The highest BCUT2D eigenvalue weighted by atomic mass is 127. The summed E-state index contributed by atoms with van der Waals surface area (Å²) in [7, 11) is 1.70. The van der Waals surface area contributed by atoms with Crippen LogP contribution < -0.4 is 16.0 Å². The Hall–Kier alpha value is -1.84. The minimum absolute atomic E-state index is 0. The number of rotatable bonds is 7. The van der Waals surface area contributed by atoms with E-state index >= 15 is 0 Å². The number of nitrogens with one attached hydrogen (secondary N) is 4. The summed E-state index contributed by atoms with van der Waals surface area (Å²) in [5, 5.41) is 10.4. The summed E-state index contributed by atoms with van der Waals surface area (Å²) in [6.45, 7) is 1.20. The molecule has 0 radical (unpaired) electrons. The maximum atomic E-state index is 13.4. The van der Waals surface area contributed by atoms with Gasteiger partial charge in [0.2, 0.25) is 5.91 Å². The lowest BCUT2D eigenvalue weighted by Gasteiger charge is -2.14. The summed E-state index contributed by atoms with van der Waals surface area (Å²) in [6.07, 6.45) is 7.70. The van der Waals surface area contributed by atoms with Crippen molar-refractivity contribution in [3.8, 4) is 0 Å². The summed E-state index contributed by atoms with van der Waals surface area (Å²) in [5.41, 5.74) is 1.99. The maximum Gasteiger partial charge on any atom is 0.221 e. The fourth-order valence-electron chi connectivity index (χ4n) is 3.56. The van der Waals surface area contributed by atoms with Crippen molar-refractivity contribution < 1.29 is 9.18 Å². The summed E-state index contributed by atoms with van der Waals surface area (Å²) in [5.74, 6) is 0.519. The Morgan fingerprint density at radius 2 is 2.00 bits per heavy atom. The number of fused-ring (bicyclic) bond motifs is 1. The normalized spacial score (nSPS) is 14.7. The van der Waals surface area contributed by atoms with Gasteiger partial charge in [-0.1, -0.05) is 12.8 Å². The third-order valence-corrected chi connectivity index (χ3v) is 5.00. The number of amides is 1. The van der Waals surface area contributed by atoms with Crippen LogP contribution in [0.2, 0.25) is 0 Å². The van der Waals surface area contributed by atoms with E-state index in [4.69, 9.17) is 0 Å². The highest BCUT2D eigenvalue weighted by Gasteiger charge is 2.16. The minimum atomic E-state index is -0.232. The molecule has 2 aromatic rings. The third-order valence-electron chi connectivity index (χ3n) is 5.00. The molecule has 1 aliphatic carbocycles. The monoisotopic (exact) mass is 501 g/mol. The molecule has 8 heteroatoms. The van der Waals surface area contributed by atoms with Crippen molar-refractivity contribution in [1.29, 1.82) is 0 Å². The van der Waals surface area contributed by atoms with Crippen LogP contribution in [-0.2, 0) is 11.2 Å². The molecular formula is C20H29FIN5O. The number of halogens is 2. The first-order valence-electron chi connectivity index (χ1n) is 9.65. The number of aromatic amines is 1. The Bertz CT molecular complexity index is 801. The van der Waals surface area contributed by atoms with Crippen molar-refractivity contribution in [2.45, 2.75) is 44.6 Å². The third kappa shape index (κ3) is 6.35. The number of benzene rings is 1. The Labute approximate surface area is 182 Å². The molecule has 1 amide bonds. The zero-order chi connectivity index (χ0) is 19.1. The van der Waals surface area contributed by atoms with Gasteiger partial charge in [0.15, 0.2) is 5.96 Å². The Balaban J connectivity index is 0.00000280. The number of hydrogen-bond acceptors (Lipinski definition) is 2. The molecule has 3 rings (SSSR count). The van der Waals surface area contributed by atoms with E-state index in [2.05, 4.69) is 25.9 Å². The number of aromatic nitrogens is 1. The first-order valence-corrected chi connectivity index (χ1v) is 9.65. The molecule has 0 spiro atoms. The topological polar surface area (TPSA) is 81.3 Å². The number of guanidine groups is 1. The number of carbonyl (C=O) groups is 1. The zero-order valence-electron chi connectivity index (χ0n) is 16.2. The molecule has 1 aromatic heterocycles. The Kier molecular flexibility index (Phi) is 9.01. The molecule has 1 aromatic carbocycles. The summed E-state index contributed by atoms with van der Waals surface area (Å²) in [6, 6.07) is 5.11. The lowest BCUT2D eigenvalue weighted by atomic mass is 10.1. The quantitative estimate of drug-likeness (QED) is 0.268. The van der Waals surface area contributed by atoms with Crippen LogP contribution in [0.25, 0.3) is 10.9 Å². The largest absolute Gasteiger partial charge is 0.361 e. The highest BCUT2D eigenvalue weighted by Crippen LogP contribution is 2.19. The molecule has 1 heterocycles. The van der Waals surface area contributed by atoms with E-state index in [-0.39, 0.29) is 35.7 Å². The van der Waals surface area contributed by atoms with Gasteiger partial charge in [0.05, 0.1) is 0 Å². The van der Waals surface area contributed by atoms with E-state index in [1.54, 1.807) is 19.2 Å². The molecule has 1 saturated carbocycles. The van der Waals surface area contributed by atoms with Crippen LogP contribution in [0.15, 0.2) is 29.4 Å². The average molecular weight is 501 g/mol. The van der Waals surface area contributed by atoms with Crippen LogP contribution in [0.3, 0.4) is 0 Å². The van der Waals surface area contributed by atoms with E-state index < -0.39 is 0 Å². The standard InChI is InChI=1S/C20H28FN5O.HI/c1-22-20(24-11-9-19(27)26-16-4-2-3-5-16)23-10-8-14-13-25-18-7-6-15(21)12-17(14)18;/h6-7,12-13,16,25H,2-5,8-11H2,1H3,(H,26,27)(H2,22,23,24);1H. The Morgan fingerprint density at radius 1 is 1.25 bits per heavy atom. The molecule has 0 bridgehead atoms. The van der Waals surface area contributed by atoms with Crippen molar-refractivity contribution in [1.82, 2.24) is 20.9 Å². The van der Waals surface area contributed by atoms with Crippen LogP contribution in [0.4, 0.5) is 4.39 Å². The number of nitrogens with zero attached hydrogens (tertiary/aromatic N) is 1. The van der Waals surface area contributed by atoms with Crippen LogP contribution >= 0.6 is 24.0 Å². The van der Waals surface area contributed by atoms with Gasteiger partial charge >= 0.3 is 0 Å². The predicted molar refractivity (Wildman–Crippen MR) is 122 cm³/mol. The number of hydrogen-bond donors (Lipinski definition) is 4. The Morgan fingerprint density at radius 3 is 2.75 bits per heavy atom. The van der Waals surface area contributed by atoms with E-state index in [1.807, 2.05) is 6.20 Å². The molecule has 28 heavy (non-hydrogen) atoms.